The summed E-state index contributed by atoms with van der Waals surface area (Å²) in [4.78, 5) is 10.4. The fourth-order valence-corrected chi connectivity index (χ4v) is 2.34. The summed E-state index contributed by atoms with van der Waals surface area (Å²) < 4.78 is 0.564. The van der Waals surface area contributed by atoms with Gasteiger partial charge in [0.15, 0.2) is 0 Å². The van der Waals surface area contributed by atoms with Crippen LogP contribution in [0.25, 0.3) is 10.8 Å². The number of anilines is 1. The van der Waals surface area contributed by atoms with E-state index in [0.29, 0.717) is 3.57 Å². The van der Waals surface area contributed by atoms with Gasteiger partial charge < -0.3 is 5.73 Å². The summed E-state index contributed by atoms with van der Waals surface area (Å²) >= 11 is 1.93. The van der Waals surface area contributed by atoms with Crippen molar-refractivity contribution in [1.82, 2.24) is 0 Å². The molecule has 0 spiro atoms. The molecule has 0 radical (unpaired) electrons. The number of hydrogen-bond donors (Lipinski definition) is 1. The largest absolute Gasteiger partial charge is 0.393 e. The van der Waals surface area contributed by atoms with Gasteiger partial charge in [-0.2, -0.15) is 0 Å². The minimum atomic E-state index is -0.441. The van der Waals surface area contributed by atoms with E-state index in [1.54, 1.807) is 12.1 Å². The van der Waals surface area contributed by atoms with Crippen molar-refractivity contribution in [2.75, 3.05) is 5.73 Å². The first-order chi connectivity index (χ1) is 7.11. The molecule has 2 aromatic carbocycles. The van der Waals surface area contributed by atoms with E-state index in [2.05, 4.69) is 0 Å². The second-order valence-electron chi connectivity index (χ2n) is 3.10. The van der Waals surface area contributed by atoms with Crippen molar-refractivity contribution < 1.29 is 4.92 Å². The zero-order valence-corrected chi connectivity index (χ0v) is 9.76. The van der Waals surface area contributed by atoms with E-state index < -0.39 is 4.92 Å². The second kappa shape index (κ2) is 3.65. The Labute approximate surface area is 99.4 Å². The molecule has 76 valence electrons. The molecule has 0 amide bonds. The molecule has 0 fully saturated rings. The molecule has 0 aliphatic heterocycles. The van der Waals surface area contributed by atoms with Gasteiger partial charge in [-0.05, 0) is 34.0 Å². The average molecular weight is 314 g/mol. The van der Waals surface area contributed by atoms with Gasteiger partial charge >= 0.3 is 5.69 Å². The maximum atomic E-state index is 10.8. The number of hydrogen-bond acceptors (Lipinski definition) is 3. The molecular weight excluding hydrogens is 307 g/mol. The normalized spacial score (nSPS) is 10.5. The highest BCUT2D eigenvalue weighted by molar-refractivity contribution is 14.1. The van der Waals surface area contributed by atoms with Crippen LogP contribution in [0.4, 0.5) is 11.4 Å². The molecule has 0 atom stereocenters. The number of nitro groups is 1. The lowest BCUT2D eigenvalue weighted by atomic mass is 10.1. The Morgan fingerprint density at radius 3 is 2.67 bits per heavy atom. The summed E-state index contributed by atoms with van der Waals surface area (Å²) in [5.74, 6) is 0. The van der Waals surface area contributed by atoms with E-state index in [0.717, 1.165) is 10.8 Å². The van der Waals surface area contributed by atoms with E-state index in [9.17, 15) is 10.1 Å². The molecule has 2 aromatic rings. The Bertz CT molecular complexity index is 554. The number of nitrogens with two attached hydrogens (primary N) is 1. The standard InChI is InChI=1S/C10H7IN2O2/c11-8-5-6-3-1-2-4-7(6)9(12)10(8)13(14)15/h1-5H,12H2. The Morgan fingerprint density at radius 1 is 1.33 bits per heavy atom. The lowest BCUT2D eigenvalue weighted by Crippen LogP contribution is -1.99. The monoisotopic (exact) mass is 314 g/mol. The molecule has 0 saturated carbocycles. The first-order valence-corrected chi connectivity index (χ1v) is 5.30. The van der Waals surface area contributed by atoms with Crippen molar-refractivity contribution in [2.45, 2.75) is 0 Å². The molecule has 5 heteroatoms. The van der Waals surface area contributed by atoms with Crippen LogP contribution in [0, 0.1) is 13.7 Å². The van der Waals surface area contributed by atoms with Crippen LogP contribution in [0.2, 0.25) is 0 Å². The third-order valence-electron chi connectivity index (χ3n) is 2.20. The van der Waals surface area contributed by atoms with E-state index in [1.807, 2.05) is 40.8 Å². The van der Waals surface area contributed by atoms with Gasteiger partial charge in [-0.1, -0.05) is 24.3 Å². The number of nitro benzene ring substituents is 1. The Kier molecular flexibility index (Phi) is 2.47. The lowest BCUT2D eigenvalue weighted by Gasteiger charge is -2.04. The first kappa shape index (κ1) is 10.2. The van der Waals surface area contributed by atoms with E-state index in [4.69, 9.17) is 5.73 Å². The summed E-state index contributed by atoms with van der Waals surface area (Å²) in [6.45, 7) is 0. The Hall–Kier alpha value is -1.37. The predicted octanol–water partition coefficient (Wildman–Crippen LogP) is 2.93. The summed E-state index contributed by atoms with van der Waals surface area (Å²) in [7, 11) is 0. The van der Waals surface area contributed by atoms with Crippen LogP contribution in [-0.4, -0.2) is 4.92 Å². The Morgan fingerprint density at radius 2 is 2.00 bits per heavy atom. The van der Waals surface area contributed by atoms with Gasteiger partial charge in [0.25, 0.3) is 0 Å². The topological polar surface area (TPSA) is 69.2 Å². The van der Waals surface area contributed by atoms with Crippen molar-refractivity contribution in [3.8, 4) is 0 Å². The van der Waals surface area contributed by atoms with Gasteiger partial charge in [-0.15, -0.1) is 0 Å². The van der Waals surface area contributed by atoms with Crippen molar-refractivity contribution in [1.29, 1.82) is 0 Å². The highest BCUT2D eigenvalue weighted by Crippen LogP contribution is 2.34. The molecule has 0 aliphatic rings. The number of rotatable bonds is 1. The number of halogens is 1. The number of benzene rings is 2. The fraction of sp³-hybridized carbons (Fsp3) is 0. The van der Waals surface area contributed by atoms with Crippen LogP contribution >= 0.6 is 22.6 Å². The lowest BCUT2D eigenvalue weighted by molar-refractivity contribution is -0.384. The van der Waals surface area contributed by atoms with Crippen LogP contribution in [0.1, 0.15) is 0 Å². The van der Waals surface area contributed by atoms with Crippen LogP contribution in [-0.2, 0) is 0 Å². The summed E-state index contributed by atoms with van der Waals surface area (Å²) in [6, 6.07) is 9.13. The minimum absolute atomic E-state index is 0.00528. The average Bonchev–Trinajstić information content (AvgIpc) is 2.17. The van der Waals surface area contributed by atoms with Gasteiger partial charge in [0, 0.05) is 5.39 Å². The number of nitrogen functional groups attached to an aromatic ring is 1. The van der Waals surface area contributed by atoms with Crippen LogP contribution in [0.5, 0.6) is 0 Å². The van der Waals surface area contributed by atoms with Gasteiger partial charge in [-0.25, -0.2) is 0 Å². The van der Waals surface area contributed by atoms with Crippen molar-refractivity contribution in [3.63, 3.8) is 0 Å². The zero-order chi connectivity index (χ0) is 11.0. The SMILES string of the molecule is Nc1c([N+](=O)[O-])c(I)cc2ccccc12. The smallest absolute Gasteiger partial charge is 0.305 e. The molecule has 0 unspecified atom stereocenters. The van der Waals surface area contributed by atoms with Crippen molar-refractivity contribution >= 4 is 44.7 Å². The molecule has 0 heterocycles. The first-order valence-electron chi connectivity index (χ1n) is 4.22. The summed E-state index contributed by atoms with van der Waals surface area (Å²) in [6.07, 6.45) is 0. The van der Waals surface area contributed by atoms with Crippen LogP contribution < -0.4 is 5.73 Å². The third kappa shape index (κ3) is 1.63. The van der Waals surface area contributed by atoms with Crippen molar-refractivity contribution in [3.05, 3.63) is 44.0 Å². The molecule has 0 bridgehead atoms. The summed E-state index contributed by atoms with van der Waals surface area (Å²) in [5.41, 5.74) is 6.01. The van der Waals surface area contributed by atoms with Crippen molar-refractivity contribution in [2.24, 2.45) is 0 Å². The van der Waals surface area contributed by atoms with Gasteiger partial charge in [0.1, 0.15) is 5.69 Å². The Balaban J connectivity index is 2.90. The fourth-order valence-electron chi connectivity index (χ4n) is 1.51. The zero-order valence-electron chi connectivity index (χ0n) is 7.61. The van der Waals surface area contributed by atoms with Crippen LogP contribution in [0.15, 0.2) is 30.3 Å². The maximum Gasteiger partial charge on any atom is 0.305 e. The van der Waals surface area contributed by atoms with Gasteiger partial charge in [0.2, 0.25) is 0 Å². The highest BCUT2D eigenvalue weighted by Gasteiger charge is 2.18. The summed E-state index contributed by atoms with van der Waals surface area (Å²) in [5, 5.41) is 12.5. The minimum Gasteiger partial charge on any atom is -0.393 e. The van der Waals surface area contributed by atoms with Gasteiger partial charge in [-0.3, -0.25) is 10.1 Å². The number of fused-ring (bicyclic) bond motifs is 1. The molecule has 0 aromatic heterocycles. The molecule has 4 nitrogen and oxygen atoms in total. The molecule has 2 N–H and O–H groups in total. The molecule has 15 heavy (non-hydrogen) atoms. The molecule has 0 saturated heterocycles. The van der Waals surface area contributed by atoms with E-state index >= 15 is 0 Å². The highest BCUT2D eigenvalue weighted by atomic mass is 127. The number of nitrogens with zero attached hydrogens (tertiary/aromatic N) is 1. The third-order valence-corrected chi connectivity index (χ3v) is 3.02. The predicted molar refractivity (Wildman–Crippen MR) is 67.7 cm³/mol. The van der Waals surface area contributed by atoms with Crippen LogP contribution in [0.3, 0.4) is 0 Å². The molecular formula is C10H7IN2O2. The maximum absolute atomic E-state index is 10.8. The van der Waals surface area contributed by atoms with E-state index in [1.165, 1.54) is 0 Å². The second-order valence-corrected chi connectivity index (χ2v) is 4.26. The van der Waals surface area contributed by atoms with E-state index in [-0.39, 0.29) is 11.4 Å². The van der Waals surface area contributed by atoms with Gasteiger partial charge in [0.05, 0.1) is 8.49 Å². The molecule has 0 aliphatic carbocycles. The quantitative estimate of drug-likeness (QED) is 0.381. The molecule has 2 rings (SSSR count).